The first-order valence-electron chi connectivity index (χ1n) is 7.58. The molecule has 1 aliphatic heterocycles. The first-order valence-corrected chi connectivity index (χ1v) is 8.34. The molecule has 0 unspecified atom stereocenters. The lowest BCUT2D eigenvalue weighted by Crippen LogP contribution is -2.11. The summed E-state index contributed by atoms with van der Waals surface area (Å²) >= 11 is 12.1. The van der Waals surface area contributed by atoms with E-state index in [9.17, 15) is 4.79 Å². The third-order valence-corrected chi connectivity index (χ3v) is 3.93. The predicted octanol–water partition coefficient (Wildman–Crippen LogP) is 4.78. The lowest BCUT2D eigenvalue weighted by atomic mass is 10.1. The van der Waals surface area contributed by atoms with Crippen LogP contribution in [0.25, 0.3) is 0 Å². The van der Waals surface area contributed by atoms with Gasteiger partial charge in [-0.3, -0.25) is 0 Å². The molecular formula is C19H16Cl2N2O2. The van der Waals surface area contributed by atoms with Crippen LogP contribution >= 0.6 is 23.2 Å². The van der Waals surface area contributed by atoms with E-state index in [0.29, 0.717) is 16.6 Å². The van der Waals surface area contributed by atoms with Gasteiger partial charge in [0.1, 0.15) is 11.6 Å². The van der Waals surface area contributed by atoms with Crippen molar-refractivity contribution in [2.75, 3.05) is 6.61 Å². The average molecular weight is 375 g/mol. The summed E-state index contributed by atoms with van der Waals surface area (Å²) in [6, 6.07) is 7.24. The van der Waals surface area contributed by atoms with Gasteiger partial charge in [-0.15, -0.1) is 0 Å². The Labute approximate surface area is 156 Å². The zero-order valence-corrected chi connectivity index (χ0v) is 15.1. The number of nitrogens with zero attached hydrogens (tertiary/aromatic N) is 2. The molecule has 0 aliphatic carbocycles. The molecule has 0 bridgehead atoms. The van der Waals surface area contributed by atoms with Gasteiger partial charge in [0, 0.05) is 29.0 Å². The van der Waals surface area contributed by atoms with Crippen molar-refractivity contribution in [1.82, 2.24) is 4.90 Å². The maximum Gasteiger partial charge on any atom is 0.348 e. The number of carbonyl (C=O) groups is 1. The Morgan fingerprint density at radius 3 is 2.64 bits per heavy atom. The highest BCUT2D eigenvalue weighted by molar-refractivity contribution is 6.35. The third-order valence-electron chi connectivity index (χ3n) is 3.34. The molecule has 0 aromatic heterocycles. The Balaban J connectivity index is 2.03. The first kappa shape index (κ1) is 18.9. The number of hydrogen-bond donors (Lipinski definition) is 0. The molecule has 6 heteroatoms. The van der Waals surface area contributed by atoms with Gasteiger partial charge >= 0.3 is 5.97 Å². The minimum atomic E-state index is -0.621. The summed E-state index contributed by atoms with van der Waals surface area (Å²) in [4.78, 5) is 13.5. The topological polar surface area (TPSA) is 53.3 Å². The highest BCUT2D eigenvalue weighted by Crippen LogP contribution is 2.23. The molecule has 1 aliphatic rings. The fraction of sp³-hybridized carbons (Fsp3) is 0.158. The van der Waals surface area contributed by atoms with E-state index in [1.54, 1.807) is 25.1 Å². The number of hydrogen-bond acceptors (Lipinski definition) is 4. The quantitative estimate of drug-likeness (QED) is 0.422. The summed E-state index contributed by atoms with van der Waals surface area (Å²) in [5.74, 6) is -0.621. The third kappa shape index (κ3) is 5.53. The van der Waals surface area contributed by atoms with E-state index in [1.807, 2.05) is 41.6 Å². The van der Waals surface area contributed by atoms with E-state index in [4.69, 9.17) is 33.2 Å². The molecule has 25 heavy (non-hydrogen) atoms. The number of rotatable bonds is 5. The molecule has 0 spiro atoms. The van der Waals surface area contributed by atoms with Gasteiger partial charge in [-0.1, -0.05) is 35.3 Å². The molecule has 0 radical (unpaired) electrons. The van der Waals surface area contributed by atoms with Crippen LogP contribution in [-0.2, 0) is 16.1 Å². The largest absolute Gasteiger partial charge is 0.462 e. The van der Waals surface area contributed by atoms with Crippen molar-refractivity contribution in [2.45, 2.75) is 13.5 Å². The van der Waals surface area contributed by atoms with Crippen molar-refractivity contribution in [1.29, 1.82) is 5.26 Å². The van der Waals surface area contributed by atoms with E-state index in [1.165, 1.54) is 6.08 Å². The molecule has 4 nitrogen and oxygen atoms in total. The number of esters is 1. The molecule has 0 N–H and O–H groups in total. The van der Waals surface area contributed by atoms with Gasteiger partial charge in [0.15, 0.2) is 0 Å². The fourth-order valence-electron chi connectivity index (χ4n) is 2.07. The van der Waals surface area contributed by atoms with Crippen LogP contribution < -0.4 is 0 Å². The molecule has 1 aromatic carbocycles. The molecule has 1 aromatic rings. The van der Waals surface area contributed by atoms with Gasteiger partial charge in [-0.2, -0.15) is 5.26 Å². The molecule has 0 amide bonds. The van der Waals surface area contributed by atoms with E-state index in [-0.39, 0.29) is 12.2 Å². The van der Waals surface area contributed by atoms with Gasteiger partial charge in [0.05, 0.1) is 6.61 Å². The van der Waals surface area contributed by atoms with Gasteiger partial charge in [0.25, 0.3) is 0 Å². The molecule has 0 saturated carbocycles. The lowest BCUT2D eigenvalue weighted by molar-refractivity contribution is -0.138. The second-order valence-corrected chi connectivity index (χ2v) is 5.96. The van der Waals surface area contributed by atoms with Crippen LogP contribution in [0.3, 0.4) is 0 Å². The predicted molar refractivity (Wildman–Crippen MR) is 98.7 cm³/mol. The summed E-state index contributed by atoms with van der Waals surface area (Å²) in [7, 11) is 0. The number of benzene rings is 1. The SMILES string of the molecule is CCOC(=O)C(C#N)=CC=C1C=CN(Cc2ccc(Cl)cc2Cl)C=C1. The van der Waals surface area contributed by atoms with E-state index in [2.05, 4.69) is 0 Å². The molecule has 0 atom stereocenters. The monoisotopic (exact) mass is 374 g/mol. The van der Waals surface area contributed by atoms with Crippen LogP contribution in [0.1, 0.15) is 12.5 Å². The highest BCUT2D eigenvalue weighted by Gasteiger charge is 2.09. The second-order valence-electron chi connectivity index (χ2n) is 5.12. The zero-order valence-electron chi connectivity index (χ0n) is 13.6. The average Bonchev–Trinajstić information content (AvgIpc) is 2.59. The maximum atomic E-state index is 11.5. The van der Waals surface area contributed by atoms with Crippen LogP contribution in [0.4, 0.5) is 0 Å². The van der Waals surface area contributed by atoms with E-state index < -0.39 is 5.97 Å². The van der Waals surface area contributed by atoms with E-state index >= 15 is 0 Å². The Morgan fingerprint density at radius 1 is 1.32 bits per heavy atom. The standard InChI is InChI=1S/C19H16Cl2N2O2/c1-2-25-19(24)15(12-22)4-3-14-7-9-23(10-8-14)13-16-5-6-17(20)11-18(16)21/h3-11H,2,13H2,1H3. The first-order chi connectivity index (χ1) is 12.0. The minimum absolute atomic E-state index is 0.0356. The zero-order chi connectivity index (χ0) is 18.2. The normalized spacial score (nSPS) is 13.6. The van der Waals surface area contributed by atoms with Crippen LogP contribution in [0, 0.1) is 11.3 Å². The van der Waals surface area contributed by atoms with Crippen LogP contribution in [0.15, 0.2) is 66.0 Å². The van der Waals surface area contributed by atoms with Gasteiger partial charge in [-0.25, -0.2) is 4.79 Å². The Kier molecular flexibility index (Phi) is 6.88. The molecule has 0 saturated heterocycles. The van der Waals surface area contributed by atoms with Crippen LogP contribution in [0.2, 0.25) is 10.0 Å². The summed E-state index contributed by atoms with van der Waals surface area (Å²) < 4.78 is 4.81. The fourth-order valence-corrected chi connectivity index (χ4v) is 2.54. The molecular weight excluding hydrogens is 359 g/mol. The number of ether oxygens (including phenoxy) is 1. The van der Waals surface area contributed by atoms with Crippen molar-refractivity contribution < 1.29 is 9.53 Å². The number of halogens is 2. The molecule has 2 rings (SSSR count). The highest BCUT2D eigenvalue weighted by atomic mass is 35.5. The van der Waals surface area contributed by atoms with Gasteiger partial charge < -0.3 is 9.64 Å². The Morgan fingerprint density at radius 2 is 2.04 bits per heavy atom. The van der Waals surface area contributed by atoms with Crippen LogP contribution in [0.5, 0.6) is 0 Å². The molecule has 0 fully saturated rings. The smallest absolute Gasteiger partial charge is 0.348 e. The van der Waals surface area contributed by atoms with Crippen molar-refractivity contribution in [3.05, 3.63) is 81.7 Å². The number of nitriles is 1. The lowest BCUT2D eigenvalue weighted by Gasteiger charge is -2.19. The summed E-state index contributed by atoms with van der Waals surface area (Å²) in [6.45, 7) is 2.54. The summed E-state index contributed by atoms with van der Waals surface area (Å²) in [5.41, 5.74) is 1.78. The van der Waals surface area contributed by atoms with Gasteiger partial charge in [-0.05, 0) is 48.4 Å². The number of carbonyl (C=O) groups excluding carboxylic acids is 1. The van der Waals surface area contributed by atoms with Crippen molar-refractivity contribution >= 4 is 29.2 Å². The minimum Gasteiger partial charge on any atom is -0.462 e. The van der Waals surface area contributed by atoms with Crippen molar-refractivity contribution in [3.8, 4) is 6.07 Å². The number of allylic oxidation sites excluding steroid dienone is 5. The maximum absolute atomic E-state index is 11.5. The van der Waals surface area contributed by atoms with Gasteiger partial charge in [0.2, 0.25) is 0 Å². The van der Waals surface area contributed by atoms with Crippen molar-refractivity contribution in [3.63, 3.8) is 0 Å². The Bertz CT molecular complexity index is 801. The second kappa shape index (κ2) is 9.12. The molecule has 128 valence electrons. The Hall–Kier alpha value is -2.48. The summed E-state index contributed by atoms with van der Waals surface area (Å²) in [6.07, 6.45) is 10.7. The van der Waals surface area contributed by atoms with Crippen LogP contribution in [-0.4, -0.2) is 17.5 Å². The summed E-state index contributed by atoms with van der Waals surface area (Å²) in [5, 5.41) is 10.2. The van der Waals surface area contributed by atoms with Crippen molar-refractivity contribution in [2.24, 2.45) is 0 Å². The van der Waals surface area contributed by atoms with E-state index in [0.717, 1.165) is 11.1 Å². The molecule has 1 heterocycles.